The number of nitrogens with one attached hydrogen (secondary N) is 1. The van der Waals surface area contributed by atoms with Crippen molar-refractivity contribution in [1.29, 1.82) is 0 Å². The molecule has 0 spiro atoms. The van der Waals surface area contributed by atoms with Crippen LogP contribution in [0.3, 0.4) is 0 Å². The number of ether oxygens (including phenoxy) is 1. The van der Waals surface area contributed by atoms with E-state index in [2.05, 4.69) is 5.32 Å². The maximum atomic E-state index is 13.1. The van der Waals surface area contributed by atoms with E-state index in [4.69, 9.17) is 4.74 Å². The van der Waals surface area contributed by atoms with Crippen LogP contribution >= 0.6 is 0 Å². The predicted molar refractivity (Wildman–Crippen MR) is 59.5 cm³/mol. The zero-order valence-corrected chi connectivity index (χ0v) is 9.19. The Morgan fingerprint density at radius 2 is 2.35 bits per heavy atom. The van der Waals surface area contributed by atoms with Gasteiger partial charge in [0.05, 0.1) is 23.7 Å². The molecule has 1 aromatic carbocycles. The number of nitrogens with zero attached hydrogens (tertiary/aromatic N) is 1. The molecule has 1 N–H and O–H groups in total. The molecule has 1 fully saturated rings. The van der Waals surface area contributed by atoms with Crippen molar-refractivity contribution < 1.29 is 14.1 Å². The third-order valence-electron chi connectivity index (χ3n) is 2.71. The Bertz CT molecular complexity index is 419. The molecule has 0 bridgehead atoms. The second-order valence-corrected chi connectivity index (χ2v) is 4.07. The SMILES string of the molecule is O=[N+]([O-])c1cc(F)cc(OCC2CCNC2)c1. The fraction of sp³-hybridized carbons (Fsp3) is 0.455. The Balaban J connectivity index is 2.01. The zero-order valence-electron chi connectivity index (χ0n) is 9.19. The van der Waals surface area contributed by atoms with Crippen LogP contribution in [0, 0.1) is 21.8 Å². The highest BCUT2D eigenvalue weighted by Crippen LogP contribution is 2.22. The largest absolute Gasteiger partial charge is 0.493 e. The number of hydrogen-bond acceptors (Lipinski definition) is 4. The first-order valence-corrected chi connectivity index (χ1v) is 5.43. The summed E-state index contributed by atoms with van der Waals surface area (Å²) in [6.07, 6.45) is 1.01. The van der Waals surface area contributed by atoms with E-state index in [0.29, 0.717) is 12.5 Å². The molecular formula is C11H13FN2O3. The average molecular weight is 240 g/mol. The van der Waals surface area contributed by atoms with Gasteiger partial charge in [-0.25, -0.2) is 4.39 Å². The fourth-order valence-corrected chi connectivity index (χ4v) is 1.81. The molecule has 92 valence electrons. The van der Waals surface area contributed by atoms with E-state index in [1.807, 2.05) is 0 Å². The van der Waals surface area contributed by atoms with Gasteiger partial charge in [0.2, 0.25) is 0 Å². The molecule has 0 amide bonds. The van der Waals surface area contributed by atoms with Crippen LogP contribution < -0.4 is 10.1 Å². The summed E-state index contributed by atoms with van der Waals surface area (Å²) < 4.78 is 18.5. The Morgan fingerprint density at radius 1 is 1.53 bits per heavy atom. The molecule has 6 heteroatoms. The molecule has 1 heterocycles. The molecule has 0 aliphatic carbocycles. The lowest BCUT2D eigenvalue weighted by Gasteiger charge is -2.10. The molecule has 0 saturated carbocycles. The Kier molecular flexibility index (Phi) is 3.53. The van der Waals surface area contributed by atoms with E-state index in [0.717, 1.165) is 31.6 Å². The van der Waals surface area contributed by atoms with Gasteiger partial charge in [0, 0.05) is 18.5 Å². The minimum Gasteiger partial charge on any atom is -0.493 e. The van der Waals surface area contributed by atoms with Gasteiger partial charge < -0.3 is 10.1 Å². The van der Waals surface area contributed by atoms with Crippen molar-refractivity contribution in [2.45, 2.75) is 6.42 Å². The molecule has 1 aliphatic heterocycles. The van der Waals surface area contributed by atoms with E-state index in [1.54, 1.807) is 0 Å². The first-order chi connectivity index (χ1) is 8.15. The summed E-state index contributed by atoms with van der Waals surface area (Å²) in [5, 5.41) is 13.7. The quantitative estimate of drug-likeness (QED) is 0.643. The molecule has 0 aromatic heterocycles. The molecule has 2 rings (SSSR count). The van der Waals surface area contributed by atoms with Gasteiger partial charge in [-0.05, 0) is 13.0 Å². The normalized spacial score (nSPS) is 19.2. The number of nitro benzene ring substituents is 1. The number of benzene rings is 1. The molecule has 1 aromatic rings. The standard InChI is InChI=1S/C11H13FN2O3/c12-9-3-10(14(15)16)5-11(4-9)17-7-8-1-2-13-6-8/h3-5,8,13H,1-2,6-7H2. The van der Waals surface area contributed by atoms with Gasteiger partial charge in [-0.15, -0.1) is 0 Å². The maximum Gasteiger partial charge on any atom is 0.276 e. The summed E-state index contributed by atoms with van der Waals surface area (Å²) in [6.45, 7) is 2.28. The van der Waals surface area contributed by atoms with E-state index >= 15 is 0 Å². The van der Waals surface area contributed by atoms with Crippen LogP contribution in [-0.2, 0) is 0 Å². The van der Waals surface area contributed by atoms with Gasteiger partial charge in [0.1, 0.15) is 11.6 Å². The molecule has 5 nitrogen and oxygen atoms in total. The van der Waals surface area contributed by atoms with Gasteiger partial charge in [0.15, 0.2) is 0 Å². The van der Waals surface area contributed by atoms with Crippen molar-refractivity contribution >= 4 is 5.69 Å². The Labute approximate surface area is 97.7 Å². The number of rotatable bonds is 4. The molecule has 0 radical (unpaired) electrons. The third-order valence-corrected chi connectivity index (χ3v) is 2.71. The van der Waals surface area contributed by atoms with Crippen molar-refractivity contribution in [3.63, 3.8) is 0 Å². The summed E-state index contributed by atoms with van der Waals surface area (Å²) >= 11 is 0. The van der Waals surface area contributed by atoms with Crippen molar-refractivity contribution in [3.05, 3.63) is 34.1 Å². The summed E-state index contributed by atoms with van der Waals surface area (Å²) in [5.74, 6) is -0.0559. The van der Waals surface area contributed by atoms with Gasteiger partial charge in [-0.2, -0.15) is 0 Å². The minimum atomic E-state index is -0.654. The average Bonchev–Trinajstić information content (AvgIpc) is 2.78. The number of nitro groups is 1. The molecule has 1 atom stereocenters. The first kappa shape index (κ1) is 11.8. The highest BCUT2D eigenvalue weighted by molar-refractivity contribution is 5.38. The fourth-order valence-electron chi connectivity index (χ4n) is 1.81. The highest BCUT2D eigenvalue weighted by atomic mass is 19.1. The monoisotopic (exact) mass is 240 g/mol. The number of hydrogen-bond donors (Lipinski definition) is 1. The van der Waals surface area contributed by atoms with E-state index in [-0.39, 0.29) is 11.4 Å². The summed E-state index contributed by atoms with van der Waals surface area (Å²) in [5.41, 5.74) is -0.287. The lowest BCUT2D eigenvalue weighted by Crippen LogP contribution is -2.15. The van der Waals surface area contributed by atoms with Crippen LogP contribution in [0.5, 0.6) is 5.75 Å². The highest BCUT2D eigenvalue weighted by Gasteiger charge is 2.16. The van der Waals surface area contributed by atoms with Gasteiger partial charge >= 0.3 is 0 Å². The second kappa shape index (κ2) is 5.09. The molecule has 1 unspecified atom stereocenters. The van der Waals surface area contributed by atoms with E-state index < -0.39 is 10.7 Å². The smallest absolute Gasteiger partial charge is 0.276 e. The second-order valence-electron chi connectivity index (χ2n) is 4.07. The predicted octanol–water partition coefficient (Wildman–Crippen LogP) is 1.72. The van der Waals surface area contributed by atoms with Crippen LogP contribution in [0.2, 0.25) is 0 Å². The van der Waals surface area contributed by atoms with Crippen molar-refractivity contribution in [2.24, 2.45) is 5.92 Å². The minimum absolute atomic E-state index is 0.212. The molecule has 1 aliphatic rings. The summed E-state index contributed by atoms with van der Waals surface area (Å²) in [7, 11) is 0. The maximum absolute atomic E-state index is 13.1. The lowest BCUT2D eigenvalue weighted by molar-refractivity contribution is -0.385. The van der Waals surface area contributed by atoms with E-state index in [9.17, 15) is 14.5 Å². The first-order valence-electron chi connectivity index (χ1n) is 5.43. The number of halogens is 1. The van der Waals surface area contributed by atoms with Crippen LogP contribution in [0.4, 0.5) is 10.1 Å². The van der Waals surface area contributed by atoms with Gasteiger partial charge in [0.25, 0.3) is 5.69 Å². The van der Waals surface area contributed by atoms with Crippen molar-refractivity contribution in [2.75, 3.05) is 19.7 Å². The summed E-state index contributed by atoms with van der Waals surface area (Å²) in [6, 6.07) is 3.28. The topological polar surface area (TPSA) is 64.4 Å². The van der Waals surface area contributed by atoms with Crippen molar-refractivity contribution in [1.82, 2.24) is 5.32 Å². The zero-order chi connectivity index (χ0) is 12.3. The van der Waals surface area contributed by atoms with Crippen molar-refractivity contribution in [3.8, 4) is 5.75 Å². The van der Waals surface area contributed by atoms with Crippen LogP contribution in [-0.4, -0.2) is 24.6 Å². The Morgan fingerprint density at radius 3 is 3.00 bits per heavy atom. The van der Waals surface area contributed by atoms with E-state index in [1.165, 1.54) is 6.07 Å². The summed E-state index contributed by atoms with van der Waals surface area (Å²) in [4.78, 5) is 9.91. The van der Waals surface area contributed by atoms with Crippen LogP contribution in [0.25, 0.3) is 0 Å². The third kappa shape index (κ3) is 3.13. The Hall–Kier alpha value is -1.69. The number of non-ortho nitro benzene ring substituents is 1. The van der Waals surface area contributed by atoms with Crippen LogP contribution in [0.1, 0.15) is 6.42 Å². The van der Waals surface area contributed by atoms with Crippen LogP contribution in [0.15, 0.2) is 18.2 Å². The lowest BCUT2D eigenvalue weighted by atomic mass is 10.1. The van der Waals surface area contributed by atoms with Gasteiger partial charge in [-0.1, -0.05) is 0 Å². The molecular weight excluding hydrogens is 227 g/mol. The van der Waals surface area contributed by atoms with Gasteiger partial charge in [-0.3, -0.25) is 10.1 Å². The molecule has 1 saturated heterocycles. The molecule has 17 heavy (non-hydrogen) atoms.